The van der Waals surface area contributed by atoms with Crippen molar-refractivity contribution in [2.75, 3.05) is 6.54 Å². The van der Waals surface area contributed by atoms with Crippen LogP contribution in [0.1, 0.15) is 58.3 Å². The molecular weight excluding hydrogens is 222 g/mol. The van der Waals surface area contributed by atoms with Crippen molar-refractivity contribution in [2.24, 2.45) is 10.8 Å². The molecule has 3 heteroatoms. The lowest BCUT2D eigenvalue weighted by Gasteiger charge is -2.53. The summed E-state index contributed by atoms with van der Waals surface area (Å²) in [6.07, 6.45) is 6.64. The molecule has 3 rings (SSSR count). The molecule has 0 aromatic carbocycles. The van der Waals surface area contributed by atoms with Crippen molar-refractivity contribution in [1.29, 1.82) is 0 Å². The number of nitrogens with zero attached hydrogens (tertiary/aromatic N) is 1. The first-order valence-electron chi connectivity index (χ1n) is 7.10. The first-order valence-corrected chi connectivity index (χ1v) is 7.10. The van der Waals surface area contributed by atoms with E-state index in [2.05, 4.69) is 43.0 Å². The molecule has 1 aliphatic heterocycles. The summed E-state index contributed by atoms with van der Waals surface area (Å²) in [4.78, 5) is 7.98. The smallest absolute Gasteiger partial charge is 0.0926 e. The number of aromatic amines is 1. The van der Waals surface area contributed by atoms with Gasteiger partial charge in [-0.3, -0.25) is 0 Å². The molecule has 1 fully saturated rings. The number of imidazole rings is 1. The molecule has 3 nitrogen and oxygen atoms in total. The number of rotatable bonds is 0. The zero-order chi connectivity index (χ0) is 13.0. The van der Waals surface area contributed by atoms with E-state index in [0.717, 1.165) is 13.0 Å². The van der Waals surface area contributed by atoms with Gasteiger partial charge in [-0.25, -0.2) is 4.98 Å². The third-order valence-electron chi connectivity index (χ3n) is 4.53. The lowest BCUT2D eigenvalue weighted by molar-refractivity contribution is 0.0204. The number of nitrogens with one attached hydrogen (secondary N) is 2. The molecule has 1 saturated carbocycles. The second-order valence-corrected chi connectivity index (χ2v) is 7.85. The Labute approximate surface area is 110 Å². The van der Waals surface area contributed by atoms with Crippen molar-refractivity contribution in [3.05, 3.63) is 17.7 Å². The van der Waals surface area contributed by atoms with Crippen LogP contribution in [0.25, 0.3) is 0 Å². The van der Waals surface area contributed by atoms with Crippen LogP contribution >= 0.6 is 0 Å². The van der Waals surface area contributed by atoms with E-state index in [0.29, 0.717) is 10.8 Å². The van der Waals surface area contributed by atoms with Crippen LogP contribution in [0.4, 0.5) is 0 Å². The minimum absolute atomic E-state index is 0.0961. The van der Waals surface area contributed by atoms with Gasteiger partial charge in [-0.1, -0.05) is 27.7 Å². The molecule has 0 bridgehead atoms. The zero-order valence-electron chi connectivity index (χ0n) is 12.1. The first-order chi connectivity index (χ1) is 8.32. The van der Waals surface area contributed by atoms with Crippen LogP contribution in [0.15, 0.2) is 6.33 Å². The highest BCUT2D eigenvalue weighted by Crippen LogP contribution is 2.54. The summed E-state index contributed by atoms with van der Waals surface area (Å²) in [5.74, 6) is 0. The molecule has 2 aliphatic rings. The van der Waals surface area contributed by atoms with E-state index in [1.54, 1.807) is 0 Å². The summed E-state index contributed by atoms with van der Waals surface area (Å²) in [7, 11) is 0. The fourth-order valence-corrected chi connectivity index (χ4v) is 4.84. The highest BCUT2D eigenvalue weighted by atomic mass is 15.1. The number of fused-ring (bicyclic) bond motifs is 2. The van der Waals surface area contributed by atoms with Crippen LogP contribution in [0.3, 0.4) is 0 Å². The second-order valence-electron chi connectivity index (χ2n) is 7.85. The Hall–Kier alpha value is -0.830. The van der Waals surface area contributed by atoms with E-state index in [4.69, 9.17) is 0 Å². The van der Waals surface area contributed by atoms with Gasteiger partial charge in [0.05, 0.1) is 17.6 Å². The van der Waals surface area contributed by atoms with Gasteiger partial charge in [0.15, 0.2) is 0 Å². The summed E-state index contributed by atoms with van der Waals surface area (Å²) < 4.78 is 0. The topological polar surface area (TPSA) is 40.7 Å². The third kappa shape index (κ3) is 1.89. The van der Waals surface area contributed by atoms with Gasteiger partial charge in [-0.05, 0) is 30.1 Å². The van der Waals surface area contributed by atoms with Gasteiger partial charge in [0, 0.05) is 18.7 Å². The van der Waals surface area contributed by atoms with Crippen molar-refractivity contribution in [3.63, 3.8) is 0 Å². The van der Waals surface area contributed by atoms with Gasteiger partial charge in [0.1, 0.15) is 0 Å². The van der Waals surface area contributed by atoms with Crippen molar-refractivity contribution < 1.29 is 0 Å². The van der Waals surface area contributed by atoms with Crippen LogP contribution in [-0.2, 0) is 12.0 Å². The summed E-state index contributed by atoms with van der Waals surface area (Å²) in [6.45, 7) is 10.7. The summed E-state index contributed by atoms with van der Waals surface area (Å²) >= 11 is 0. The van der Waals surface area contributed by atoms with Gasteiger partial charge >= 0.3 is 0 Å². The van der Waals surface area contributed by atoms with Gasteiger partial charge < -0.3 is 10.3 Å². The fraction of sp³-hybridized carbons (Fsp3) is 0.800. The Balaban J connectivity index is 2.06. The Bertz CT molecular complexity index is 440. The lowest BCUT2D eigenvalue weighted by Crippen LogP contribution is -2.55. The molecule has 0 radical (unpaired) electrons. The monoisotopic (exact) mass is 247 g/mol. The average molecular weight is 247 g/mol. The maximum atomic E-state index is 4.65. The molecule has 18 heavy (non-hydrogen) atoms. The molecule has 2 N–H and O–H groups in total. The predicted octanol–water partition coefficient (Wildman–Crippen LogP) is 2.99. The highest BCUT2D eigenvalue weighted by Gasteiger charge is 2.50. The Morgan fingerprint density at radius 1 is 1.06 bits per heavy atom. The van der Waals surface area contributed by atoms with Gasteiger partial charge in [-0.2, -0.15) is 0 Å². The molecule has 0 saturated heterocycles. The highest BCUT2D eigenvalue weighted by molar-refractivity contribution is 5.27. The summed E-state index contributed by atoms with van der Waals surface area (Å²) in [5, 5.41) is 3.81. The number of hydrogen-bond donors (Lipinski definition) is 2. The Morgan fingerprint density at radius 3 is 2.39 bits per heavy atom. The minimum Gasteiger partial charge on any atom is -0.348 e. The molecule has 1 aromatic heterocycles. The van der Waals surface area contributed by atoms with Gasteiger partial charge in [0.25, 0.3) is 0 Å². The normalized spacial score (nSPS) is 28.0. The van der Waals surface area contributed by atoms with E-state index in [9.17, 15) is 0 Å². The van der Waals surface area contributed by atoms with E-state index < -0.39 is 0 Å². The number of H-pyrrole nitrogens is 1. The molecule has 1 spiro atoms. The first kappa shape index (κ1) is 12.2. The molecular formula is C15H25N3. The van der Waals surface area contributed by atoms with Crippen LogP contribution in [-0.4, -0.2) is 16.5 Å². The number of hydrogen-bond acceptors (Lipinski definition) is 2. The van der Waals surface area contributed by atoms with Crippen molar-refractivity contribution >= 4 is 0 Å². The van der Waals surface area contributed by atoms with Crippen LogP contribution < -0.4 is 5.32 Å². The third-order valence-corrected chi connectivity index (χ3v) is 4.53. The van der Waals surface area contributed by atoms with Crippen molar-refractivity contribution in [2.45, 2.75) is 58.9 Å². The molecule has 0 unspecified atom stereocenters. The summed E-state index contributed by atoms with van der Waals surface area (Å²) in [5.41, 5.74) is 3.49. The van der Waals surface area contributed by atoms with Gasteiger partial charge in [0.2, 0.25) is 0 Å². The van der Waals surface area contributed by atoms with Crippen LogP contribution in [0.5, 0.6) is 0 Å². The largest absolute Gasteiger partial charge is 0.348 e. The second kappa shape index (κ2) is 3.60. The van der Waals surface area contributed by atoms with Crippen molar-refractivity contribution in [1.82, 2.24) is 15.3 Å². The molecule has 2 heterocycles. The molecule has 100 valence electrons. The van der Waals surface area contributed by atoms with E-state index >= 15 is 0 Å². The lowest BCUT2D eigenvalue weighted by atomic mass is 9.57. The van der Waals surface area contributed by atoms with E-state index in [-0.39, 0.29) is 5.54 Å². The maximum Gasteiger partial charge on any atom is 0.0926 e. The maximum absolute atomic E-state index is 4.65. The molecule has 0 atom stereocenters. The van der Waals surface area contributed by atoms with Gasteiger partial charge in [-0.15, -0.1) is 0 Å². The molecule has 0 amide bonds. The minimum atomic E-state index is 0.0961. The summed E-state index contributed by atoms with van der Waals surface area (Å²) in [6, 6.07) is 0. The molecule has 1 aliphatic carbocycles. The van der Waals surface area contributed by atoms with E-state index in [1.807, 2.05) is 6.33 Å². The zero-order valence-corrected chi connectivity index (χ0v) is 12.1. The number of aromatic nitrogens is 2. The standard InChI is InChI=1S/C15H25N3/c1-13(2)7-14(3,4)9-15(8-13)12-11(5-6-18-15)16-10-17-12/h10,18H,5-9H2,1-4H3,(H,16,17). The molecule has 1 aromatic rings. The Kier molecular flexibility index (Phi) is 2.44. The van der Waals surface area contributed by atoms with Crippen molar-refractivity contribution in [3.8, 4) is 0 Å². The van der Waals surface area contributed by atoms with E-state index in [1.165, 1.54) is 30.7 Å². The Morgan fingerprint density at radius 2 is 1.72 bits per heavy atom. The fourth-order valence-electron chi connectivity index (χ4n) is 4.84. The SMILES string of the molecule is CC1(C)CC(C)(C)CC2(C1)NCCc1[nH]cnc12. The predicted molar refractivity (Wildman–Crippen MR) is 73.4 cm³/mol. The van der Waals surface area contributed by atoms with Crippen LogP contribution in [0, 0.1) is 10.8 Å². The van der Waals surface area contributed by atoms with Crippen LogP contribution in [0.2, 0.25) is 0 Å². The quantitative estimate of drug-likeness (QED) is 0.740. The average Bonchev–Trinajstić information content (AvgIpc) is 2.61.